The van der Waals surface area contributed by atoms with Gasteiger partial charge >= 0.3 is 0 Å². The van der Waals surface area contributed by atoms with Crippen LogP contribution in [0, 0.1) is 12.7 Å². The molecular formula is C23H27FN6O2. The van der Waals surface area contributed by atoms with E-state index in [0.29, 0.717) is 37.8 Å². The van der Waals surface area contributed by atoms with Crippen LogP contribution in [0.5, 0.6) is 0 Å². The predicted octanol–water partition coefficient (Wildman–Crippen LogP) is 3.34. The minimum Gasteiger partial charge on any atom is -0.379 e. The summed E-state index contributed by atoms with van der Waals surface area (Å²) in [7, 11) is 1.85. The Hall–Kier alpha value is -3.20. The molecule has 1 saturated heterocycles. The molecule has 1 atom stereocenters. The van der Waals surface area contributed by atoms with E-state index in [-0.39, 0.29) is 17.8 Å². The Kier molecular flexibility index (Phi) is 5.21. The third-order valence-corrected chi connectivity index (χ3v) is 6.33. The number of carbonyl (C=O) groups excluding carboxylic acids is 1. The van der Waals surface area contributed by atoms with E-state index in [1.54, 1.807) is 22.6 Å². The van der Waals surface area contributed by atoms with Gasteiger partial charge in [-0.2, -0.15) is 10.2 Å². The highest BCUT2D eigenvalue weighted by Gasteiger charge is 2.30. The second-order valence-electron chi connectivity index (χ2n) is 8.55. The van der Waals surface area contributed by atoms with Crippen molar-refractivity contribution in [3.05, 3.63) is 47.2 Å². The lowest BCUT2D eigenvalue weighted by atomic mass is 10.1. The molecule has 8 nitrogen and oxygen atoms in total. The second kappa shape index (κ2) is 8.05. The average molecular weight is 439 g/mol. The van der Waals surface area contributed by atoms with Crippen molar-refractivity contribution in [2.24, 2.45) is 7.05 Å². The van der Waals surface area contributed by atoms with Crippen LogP contribution in [0.3, 0.4) is 0 Å². The van der Waals surface area contributed by atoms with Gasteiger partial charge in [-0.25, -0.2) is 4.39 Å². The minimum absolute atomic E-state index is 0.0286. The van der Waals surface area contributed by atoms with Crippen molar-refractivity contribution < 1.29 is 13.9 Å². The molecule has 4 heterocycles. The molecule has 0 spiro atoms. The van der Waals surface area contributed by atoms with Crippen molar-refractivity contribution in [1.82, 2.24) is 24.5 Å². The molecule has 168 valence electrons. The summed E-state index contributed by atoms with van der Waals surface area (Å²) in [5.74, 6) is 0.264. The zero-order valence-corrected chi connectivity index (χ0v) is 18.6. The average Bonchev–Trinajstić information content (AvgIpc) is 3.48. The third-order valence-electron chi connectivity index (χ3n) is 6.33. The van der Waals surface area contributed by atoms with Crippen molar-refractivity contribution in [2.45, 2.75) is 39.3 Å². The summed E-state index contributed by atoms with van der Waals surface area (Å²) in [6.45, 7) is 5.95. The van der Waals surface area contributed by atoms with Crippen molar-refractivity contribution in [3.63, 3.8) is 0 Å². The summed E-state index contributed by atoms with van der Waals surface area (Å²) in [4.78, 5) is 13.8. The van der Waals surface area contributed by atoms with Gasteiger partial charge in [0.25, 0.3) is 0 Å². The predicted molar refractivity (Wildman–Crippen MR) is 118 cm³/mol. The van der Waals surface area contributed by atoms with Crippen LogP contribution in [-0.2, 0) is 29.5 Å². The molecule has 5 rings (SSSR count). The summed E-state index contributed by atoms with van der Waals surface area (Å²) in [6.07, 6.45) is 3.51. The number of amides is 1. The number of ether oxygens (including phenoxy) is 1. The minimum atomic E-state index is -0.363. The number of hydrogen-bond donors (Lipinski definition) is 1. The highest BCUT2D eigenvalue weighted by atomic mass is 19.1. The van der Waals surface area contributed by atoms with Crippen LogP contribution >= 0.6 is 0 Å². The Morgan fingerprint density at radius 3 is 2.81 bits per heavy atom. The summed E-state index contributed by atoms with van der Waals surface area (Å²) >= 11 is 0. The molecule has 0 saturated carbocycles. The first-order valence-electron chi connectivity index (χ1n) is 10.9. The number of nitrogens with zero attached hydrogens (tertiary/aromatic N) is 5. The van der Waals surface area contributed by atoms with E-state index < -0.39 is 0 Å². The van der Waals surface area contributed by atoms with Gasteiger partial charge in [-0.05, 0) is 31.0 Å². The van der Waals surface area contributed by atoms with Crippen LogP contribution in [-0.4, -0.2) is 50.1 Å². The molecule has 3 aromatic rings. The summed E-state index contributed by atoms with van der Waals surface area (Å²) in [5, 5.41) is 12.3. The molecule has 1 unspecified atom stereocenters. The first kappa shape index (κ1) is 20.7. The maximum absolute atomic E-state index is 15.1. The first-order chi connectivity index (χ1) is 15.4. The molecule has 9 heteroatoms. The zero-order chi connectivity index (χ0) is 22.4. The number of anilines is 2. The van der Waals surface area contributed by atoms with Gasteiger partial charge in [0.05, 0.1) is 30.6 Å². The van der Waals surface area contributed by atoms with E-state index >= 15 is 4.39 Å². The molecule has 2 aliphatic rings. The monoisotopic (exact) mass is 438 g/mol. The van der Waals surface area contributed by atoms with Gasteiger partial charge in [-0.15, -0.1) is 0 Å². The van der Waals surface area contributed by atoms with Crippen LogP contribution in [0.15, 0.2) is 24.4 Å². The lowest BCUT2D eigenvalue weighted by Crippen LogP contribution is -2.35. The maximum Gasteiger partial charge on any atom is 0.219 e. The number of hydrogen-bond acceptors (Lipinski definition) is 5. The molecule has 1 N–H and O–H groups in total. The van der Waals surface area contributed by atoms with Gasteiger partial charge in [0.2, 0.25) is 5.91 Å². The lowest BCUT2D eigenvalue weighted by molar-refractivity contribution is -0.129. The molecule has 2 aliphatic heterocycles. The van der Waals surface area contributed by atoms with Crippen LogP contribution in [0.2, 0.25) is 0 Å². The molecule has 0 aliphatic carbocycles. The van der Waals surface area contributed by atoms with E-state index in [1.807, 2.05) is 30.9 Å². The van der Waals surface area contributed by atoms with Crippen molar-refractivity contribution in [1.29, 1.82) is 0 Å². The van der Waals surface area contributed by atoms with Crippen molar-refractivity contribution in [3.8, 4) is 11.1 Å². The number of carbonyl (C=O) groups is 1. The summed E-state index contributed by atoms with van der Waals surface area (Å²) in [5.41, 5.74) is 4.93. The second-order valence-corrected chi connectivity index (χ2v) is 8.55. The number of fused-ring (bicyclic) bond motifs is 1. The van der Waals surface area contributed by atoms with E-state index in [1.165, 1.54) is 6.07 Å². The molecule has 0 radical (unpaired) electrons. The van der Waals surface area contributed by atoms with Crippen LogP contribution in [0.4, 0.5) is 15.9 Å². The van der Waals surface area contributed by atoms with E-state index in [4.69, 9.17) is 9.84 Å². The Morgan fingerprint density at radius 2 is 2.16 bits per heavy atom. The zero-order valence-electron chi connectivity index (χ0n) is 18.6. The smallest absolute Gasteiger partial charge is 0.219 e. The normalized spacial score (nSPS) is 18.1. The fourth-order valence-corrected chi connectivity index (χ4v) is 4.63. The van der Waals surface area contributed by atoms with Crippen LogP contribution in [0.25, 0.3) is 11.1 Å². The number of halogens is 1. The number of benzene rings is 1. The van der Waals surface area contributed by atoms with E-state index in [9.17, 15) is 4.79 Å². The topological polar surface area (TPSA) is 77.2 Å². The Balaban J connectivity index is 1.48. The standard InChI is InChI=1S/C23H27FN6O2/c1-14-18(11-28(3)26-14)16-4-5-21(20(24)10-16)25-23-19-12-29(15(2)31)8-6-22(19)30(27-23)17-7-9-32-13-17/h4-5,10-11,17H,6-9,12-13H2,1-3H3,(H,25,27). The number of rotatable bonds is 4. The van der Waals surface area contributed by atoms with E-state index in [0.717, 1.165) is 40.9 Å². The first-order valence-corrected chi connectivity index (χ1v) is 10.9. The molecule has 1 fully saturated rings. The lowest BCUT2D eigenvalue weighted by Gasteiger charge is -2.27. The van der Waals surface area contributed by atoms with Gasteiger partial charge in [-0.3, -0.25) is 14.2 Å². The number of aryl methyl sites for hydroxylation is 2. The fourth-order valence-electron chi connectivity index (χ4n) is 4.63. The van der Waals surface area contributed by atoms with Crippen molar-refractivity contribution in [2.75, 3.05) is 25.1 Å². The van der Waals surface area contributed by atoms with Gasteiger partial charge < -0.3 is 15.0 Å². The Labute approximate surface area is 186 Å². The summed E-state index contributed by atoms with van der Waals surface area (Å²) < 4.78 is 24.4. The van der Waals surface area contributed by atoms with Gasteiger partial charge in [0.15, 0.2) is 5.82 Å². The highest BCUT2D eigenvalue weighted by molar-refractivity contribution is 5.74. The Morgan fingerprint density at radius 1 is 1.31 bits per heavy atom. The van der Waals surface area contributed by atoms with Gasteiger partial charge in [0.1, 0.15) is 5.82 Å². The largest absolute Gasteiger partial charge is 0.379 e. The molecule has 1 amide bonds. The number of aromatic nitrogens is 4. The molecular weight excluding hydrogens is 411 g/mol. The highest BCUT2D eigenvalue weighted by Crippen LogP contribution is 2.34. The third kappa shape index (κ3) is 3.66. The molecule has 0 bridgehead atoms. The van der Waals surface area contributed by atoms with Crippen molar-refractivity contribution >= 4 is 17.4 Å². The fraction of sp³-hybridized carbons (Fsp3) is 0.435. The number of nitrogens with one attached hydrogen (secondary N) is 1. The maximum atomic E-state index is 15.1. The van der Waals surface area contributed by atoms with Gasteiger partial charge in [0, 0.05) is 56.6 Å². The SMILES string of the molecule is CC(=O)N1CCc2c(c(Nc3ccc(-c4cn(C)nc4C)cc3F)nn2C2CCOC2)C1. The van der Waals surface area contributed by atoms with Crippen LogP contribution in [0.1, 0.15) is 36.3 Å². The Bertz CT molecular complexity index is 1180. The quantitative estimate of drug-likeness (QED) is 0.676. The van der Waals surface area contributed by atoms with E-state index in [2.05, 4.69) is 10.4 Å². The molecule has 1 aromatic carbocycles. The molecule has 32 heavy (non-hydrogen) atoms. The summed E-state index contributed by atoms with van der Waals surface area (Å²) in [6, 6.07) is 5.30. The van der Waals surface area contributed by atoms with Gasteiger partial charge in [-0.1, -0.05) is 6.07 Å². The van der Waals surface area contributed by atoms with Crippen LogP contribution < -0.4 is 5.32 Å². The molecule has 2 aromatic heterocycles.